The van der Waals surface area contributed by atoms with Gasteiger partial charge in [-0.1, -0.05) is 23.7 Å². The number of carbonyl (C=O) groups excluding carboxylic acids is 2. The quantitative estimate of drug-likeness (QED) is 0.667. The number of hydrogen-bond donors (Lipinski definition) is 2. The van der Waals surface area contributed by atoms with E-state index in [4.69, 9.17) is 11.6 Å². The van der Waals surface area contributed by atoms with Gasteiger partial charge >= 0.3 is 0 Å². The molecular formula is C18H17ClN4O2. The van der Waals surface area contributed by atoms with Gasteiger partial charge in [-0.05, 0) is 42.8 Å². The van der Waals surface area contributed by atoms with Crippen LogP contribution in [0.3, 0.4) is 0 Å². The average Bonchev–Trinajstić information content (AvgIpc) is 3.02. The van der Waals surface area contributed by atoms with Crippen LogP contribution in [0.4, 0.5) is 0 Å². The molecule has 0 atom stereocenters. The van der Waals surface area contributed by atoms with Gasteiger partial charge in [-0.2, -0.15) is 0 Å². The zero-order valence-electron chi connectivity index (χ0n) is 13.4. The zero-order valence-corrected chi connectivity index (χ0v) is 14.2. The van der Waals surface area contributed by atoms with Crippen molar-refractivity contribution in [3.63, 3.8) is 0 Å². The minimum Gasteiger partial charge on any atom is -0.352 e. The predicted octanol–water partition coefficient (Wildman–Crippen LogP) is 2.97. The predicted molar refractivity (Wildman–Crippen MR) is 97.1 cm³/mol. The molecule has 25 heavy (non-hydrogen) atoms. The van der Waals surface area contributed by atoms with Crippen molar-refractivity contribution in [2.45, 2.75) is 12.8 Å². The van der Waals surface area contributed by atoms with Crippen LogP contribution in [-0.2, 0) is 4.79 Å². The number of benzene rings is 2. The number of aromatic nitrogens is 2. The summed E-state index contributed by atoms with van der Waals surface area (Å²) in [6.45, 7) is 0.416. The Morgan fingerprint density at radius 3 is 2.64 bits per heavy atom. The maximum Gasteiger partial charge on any atom is 0.251 e. The Kier molecular flexibility index (Phi) is 5.30. The van der Waals surface area contributed by atoms with Crippen LogP contribution in [0.25, 0.3) is 11.0 Å². The molecule has 2 N–H and O–H groups in total. The minimum absolute atomic E-state index is 0.135. The third kappa shape index (κ3) is 4.36. The zero-order chi connectivity index (χ0) is 17.6. The van der Waals surface area contributed by atoms with E-state index in [-0.39, 0.29) is 11.8 Å². The highest BCUT2D eigenvalue weighted by atomic mass is 35.5. The molecule has 0 aliphatic heterocycles. The molecule has 1 aromatic heterocycles. The van der Waals surface area contributed by atoms with E-state index in [0.29, 0.717) is 30.0 Å². The normalized spacial score (nSPS) is 10.6. The van der Waals surface area contributed by atoms with Crippen LogP contribution in [0.1, 0.15) is 23.2 Å². The first kappa shape index (κ1) is 17.0. The van der Waals surface area contributed by atoms with Gasteiger partial charge in [0.15, 0.2) is 0 Å². The molecule has 3 rings (SSSR count). The van der Waals surface area contributed by atoms with E-state index < -0.39 is 0 Å². The number of imidazole rings is 1. The van der Waals surface area contributed by atoms with E-state index in [9.17, 15) is 9.59 Å². The van der Waals surface area contributed by atoms with Crippen molar-refractivity contribution in [2.75, 3.05) is 12.0 Å². The molecular weight excluding hydrogens is 340 g/mol. The summed E-state index contributed by atoms with van der Waals surface area (Å²) in [7, 11) is 0. The first-order valence-corrected chi connectivity index (χ1v) is 8.27. The second kappa shape index (κ2) is 7.81. The van der Waals surface area contributed by atoms with Crippen LogP contribution >= 0.6 is 11.6 Å². The number of hydrogen-bond acceptors (Lipinski definition) is 3. The first-order chi connectivity index (χ1) is 12.1. The van der Waals surface area contributed by atoms with Crippen molar-refractivity contribution in [3.05, 3.63) is 65.4 Å². The van der Waals surface area contributed by atoms with E-state index in [1.165, 1.54) is 0 Å². The Morgan fingerprint density at radius 2 is 1.84 bits per heavy atom. The average molecular weight is 357 g/mol. The Hall–Kier alpha value is -2.86. The maximum atomic E-state index is 12.0. The molecule has 0 aliphatic rings. The van der Waals surface area contributed by atoms with Crippen molar-refractivity contribution in [1.82, 2.24) is 15.0 Å². The van der Waals surface area contributed by atoms with Gasteiger partial charge < -0.3 is 5.32 Å². The molecule has 2 aromatic carbocycles. The number of para-hydroxylation sites is 2. The van der Waals surface area contributed by atoms with Crippen LogP contribution in [0.5, 0.6) is 0 Å². The van der Waals surface area contributed by atoms with Gasteiger partial charge in [0, 0.05) is 23.6 Å². The molecule has 0 saturated carbocycles. The van der Waals surface area contributed by atoms with Gasteiger partial charge in [-0.3, -0.25) is 15.0 Å². The third-order valence-corrected chi connectivity index (χ3v) is 3.92. The summed E-state index contributed by atoms with van der Waals surface area (Å²) in [6.07, 6.45) is 2.41. The first-order valence-electron chi connectivity index (χ1n) is 7.89. The molecule has 0 spiro atoms. The highest BCUT2D eigenvalue weighted by Crippen LogP contribution is 2.10. The largest absolute Gasteiger partial charge is 0.352 e. The van der Waals surface area contributed by atoms with E-state index >= 15 is 0 Å². The number of halogens is 1. The molecule has 1 heterocycles. The SMILES string of the molecule is O=C(CCCNC(=O)c1ccc(Cl)cc1)Nn1cnc2ccccc21. The molecule has 0 aliphatic carbocycles. The monoisotopic (exact) mass is 356 g/mol. The highest BCUT2D eigenvalue weighted by Gasteiger charge is 2.07. The van der Waals surface area contributed by atoms with E-state index in [1.54, 1.807) is 35.3 Å². The van der Waals surface area contributed by atoms with E-state index in [0.717, 1.165) is 11.0 Å². The van der Waals surface area contributed by atoms with Gasteiger partial charge in [-0.15, -0.1) is 0 Å². The van der Waals surface area contributed by atoms with Crippen LogP contribution in [0.15, 0.2) is 54.9 Å². The molecule has 0 bridgehead atoms. The Morgan fingerprint density at radius 1 is 1.08 bits per heavy atom. The number of fused-ring (bicyclic) bond motifs is 1. The van der Waals surface area contributed by atoms with Crippen molar-refractivity contribution in [1.29, 1.82) is 0 Å². The van der Waals surface area contributed by atoms with Gasteiger partial charge in [0.2, 0.25) is 5.91 Å². The summed E-state index contributed by atoms with van der Waals surface area (Å²) in [5.41, 5.74) is 4.98. The van der Waals surface area contributed by atoms with Crippen LogP contribution in [-0.4, -0.2) is 28.0 Å². The summed E-state index contributed by atoms with van der Waals surface area (Å²) < 4.78 is 1.60. The van der Waals surface area contributed by atoms with Gasteiger partial charge in [0.05, 0.1) is 11.0 Å². The number of amides is 2. The smallest absolute Gasteiger partial charge is 0.251 e. The molecule has 128 valence electrons. The lowest BCUT2D eigenvalue weighted by Gasteiger charge is -2.08. The molecule has 3 aromatic rings. The topological polar surface area (TPSA) is 76.0 Å². The number of nitrogens with zero attached hydrogens (tertiary/aromatic N) is 2. The molecule has 7 heteroatoms. The lowest BCUT2D eigenvalue weighted by Crippen LogP contribution is -2.26. The summed E-state index contributed by atoms with van der Waals surface area (Å²) in [5.74, 6) is -0.318. The third-order valence-electron chi connectivity index (χ3n) is 3.67. The highest BCUT2D eigenvalue weighted by molar-refractivity contribution is 6.30. The van der Waals surface area contributed by atoms with E-state index in [1.807, 2.05) is 24.3 Å². The Bertz CT molecular complexity index is 889. The number of rotatable bonds is 6. The lowest BCUT2D eigenvalue weighted by atomic mass is 10.2. The molecule has 0 radical (unpaired) electrons. The minimum atomic E-state index is -0.183. The molecule has 0 saturated heterocycles. The Labute approximate surface area is 149 Å². The number of carbonyl (C=O) groups is 2. The summed E-state index contributed by atoms with van der Waals surface area (Å²) >= 11 is 5.79. The molecule has 6 nitrogen and oxygen atoms in total. The fraction of sp³-hybridized carbons (Fsp3) is 0.167. The van der Waals surface area contributed by atoms with Crippen molar-refractivity contribution >= 4 is 34.4 Å². The van der Waals surface area contributed by atoms with E-state index in [2.05, 4.69) is 15.7 Å². The van der Waals surface area contributed by atoms with Crippen LogP contribution < -0.4 is 10.7 Å². The summed E-state index contributed by atoms with van der Waals surface area (Å²) in [5, 5.41) is 3.36. The maximum absolute atomic E-state index is 12.0. The van der Waals surface area contributed by atoms with Crippen molar-refractivity contribution in [3.8, 4) is 0 Å². The summed E-state index contributed by atoms with van der Waals surface area (Å²) in [6, 6.07) is 14.2. The molecule has 2 amide bonds. The van der Waals surface area contributed by atoms with Gasteiger partial charge in [0.25, 0.3) is 5.91 Å². The second-order valence-corrected chi connectivity index (χ2v) is 5.94. The second-order valence-electron chi connectivity index (χ2n) is 5.50. The fourth-order valence-electron chi connectivity index (χ4n) is 2.39. The standard InChI is InChI=1S/C18H17ClN4O2/c19-14-9-7-13(8-10-14)18(25)20-11-3-6-17(24)22-23-12-21-15-4-1-2-5-16(15)23/h1-2,4-5,7-10,12H,3,6,11H2,(H,20,25)(H,22,24). The lowest BCUT2D eigenvalue weighted by molar-refractivity contribution is -0.117. The molecule has 0 fully saturated rings. The number of nitrogens with one attached hydrogen (secondary N) is 2. The molecule has 0 unspecified atom stereocenters. The van der Waals surface area contributed by atoms with Gasteiger partial charge in [-0.25, -0.2) is 9.66 Å². The summed E-state index contributed by atoms with van der Waals surface area (Å²) in [4.78, 5) is 28.2. The fourth-order valence-corrected chi connectivity index (χ4v) is 2.52. The Balaban J connectivity index is 1.43. The van der Waals surface area contributed by atoms with Crippen LogP contribution in [0, 0.1) is 0 Å². The van der Waals surface area contributed by atoms with Gasteiger partial charge in [0.1, 0.15) is 6.33 Å². The van der Waals surface area contributed by atoms with Crippen molar-refractivity contribution in [2.24, 2.45) is 0 Å². The van der Waals surface area contributed by atoms with Crippen molar-refractivity contribution < 1.29 is 9.59 Å². The van der Waals surface area contributed by atoms with Crippen LogP contribution in [0.2, 0.25) is 5.02 Å².